The van der Waals surface area contributed by atoms with E-state index in [1.807, 2.05) is 0 Å². The number of hydrogen-bond acceptors (Lipinski definition) is 3. The molecule has 0 radical (unpaired) electrons. The third-order valence-electron chi connectivity index (χ3n) is 2.70. The van der Waals surface area contributed by atoms with Crippen LogP contribution in [0.15, 0.2) is 28.7 Å². The fourth-order valence-corrected chi connectivity index (χ4v) is 2.06. The van der Waals surface area contributed by atoms with Crippen molar-refractivity contribution in [3.8, 4) is 5.75 Å². The fourth-order valence-electron chi connectivity index (χ4n) is 1.80. The zero-order valence-electron chi connectivity index (χ0n) is 10.9. The Morgan fingerprint density at radius 2 is 2.05 bits per heavy atom. The van der Waals surface area contributed by atoms with E-state index in [4.69, 9.17) is 20.8 Å². The van der Waals surface area contributed by atoms with E-state index in [0.717, 1.165) is 0 Å². The summed E-state index contributed by atoms with van der Waals surface area (Å²) in [6.45, 7) is 3.55. The monoisotopic (exact) mass is 279 g/mol. The molecule has 0 bridgehead atoms. The molecule has 5 heteroatoms. The molecule has 4 nitrogen and oxygen atoms in total. The standard InChI is InChI=1S/C14H14ClNO3/c1-8-6-11(9(2)19-8)14(17)16-10-4-5-13(18-3)12(15)7-10/h4-7H,1-3H3,(H,16,17). The zero-order valence-corrected chi connectivity index (χ0v) is 11.7. The average molecular weight is 280 g/mol. The first-order valence-electron chi connectivity index (χ1n) is 5.73. The first-order valence-corrected chi connectivity index (χ1v) is 6.11. The molecule has 0 unspecified atom stereocenters. The van der Waals surface area contributed by atoms with Gasteiger partial charge in [0.15, 0.2) is 0 Å². The summed E-state index contributed by atoms with van der Waals surface area (Å²) in [7, 11) is 1.54. The second-order valence-corrected chi connectivity index (χ2v) is 4.54. The summed E-state index contributed by atoms with van der Waals surface area (Å²) in [5.74, 6) is 1.63. The number of anilines is 1. The number of benzene rings is 1. The number of ether oxygens (including phenoxy) is 1. The molecule has 1 heterocycles. The lowest BCUT2D eigenvalue weighted by Gasteiger charge is -2.07. The van der Waals surface area contributed by atoms with Gasteiger partial charge >= 0.3 is 0 Å². The Labute approximate surface area is 116 Å². The molecular weight excluding hydrogens is 266 g/mol. The Morgan fingerprint density at radius 1 is 1.32 bits per heavy atom. The van der Waals surface area contributed by atoms with Gasteiger partial charge in [-0.3, -0.25) is 4.79 Å². The van der Waals surface area contributed by atoms with Gasteiger partial charge in [-0.15, -0.1) is 0 Å². The molecule has 0 aliphatic carbocycles. The SMILES string of the molecule is COc1ccc(NC(=O)c2cc(C)oc2C)cc1Cl. The van der Waals surface area contributed by atoms with E-state index >= 15 is 0 Å². The normalized spacial score (nSPS) is 10.3. The minimum Gasteiger partial charge on any atom is -0.495 e. The largest absolute Gasteiger partial charge is 0.495 e. The summed E-state index contributed by atoms with van der Waals surface area (Å²) in [6.07, 6.45) is 0. The van der Waals surface area contributed by atoms with Crippen LogP contribution >= 0.6 is 11.6 Å². The number of hydrogen-bond donors (Lipinski definition) is 1. The third-order valence-corrected chi connectivity index (χ3v) is 2.99. The first kappa shape index (κ1) is 13.5. The van der Waals surface area contributed by atoms with Gasteiger partial charge in [-0.05, 0) is 38.1 Å². The quantitative estimate of drug-likeness (QED) is 0.929. The maximum Gasteiger partial charge on any atom is 0.259 e. The summed E-state index contributed by atoms with van der Waals surface area (Å²) in [5.41, 5.74) is 1.12. The molecule has 0 fully saturated rings. The number of nitrogens with one attached hydrogen (secondary N) is 1. The lowest BCUT2D eigenvalue weighted by Crippen LogP contribution is -2.12. The van der Waals surface area contributed by atoms with Crippen LogP contribution in [-0.4, -0.2) is 13.0 Å². The van der Waals surface area contributed by atoms with Gasteiger partial charge in [-0.1, -0.05) is 11.6 Å². The minimum atomic E-state index is -0.226. The summed E-state index contributed by atoms with van der Waals surface area (Å²) in [4.78, 5) is 12.1. The van der Waals surface area contributed by atoms with Gasteiger partial charge in [-0.2, -0.15) is 0 Å². The van der Waals surface area contributed by atoms with Gasteiger partial charge in [0, 0.05) is 5.69 Å². The highest BCUT2D eigenvalue weighted by atomic mass is 35.5. The van der Waals surface area contributed by atoms with E-state index < -0.39 is 0 Å². The Hall–Kier alpha value is -1.94. The lowest BCUT2D eigenvalue weighted by molar-refractivity contribution is 0.102. The van der Waals surface area contributed by atoms with Crippen molar-refractivity contribution in [1.82, 2.24) is 0 Å². The highest BCUT2D eigenvalue weighted by Crippen LogP contribution is 2.27. The second kappa shape index (κ2) is 5.36. The minimum absolute atomic E-state index is 0.226. The average Bonchev–Trinajstić information content (AvgIpc) is 2.69. The third kappa shape index (κ3) is 2.90. The van der Waals surface area contributed by atoms with Crippen molar-refractivity contribution in [2.24, 2.45) is 0 Å². The van der Waals surface area contributed by atoms with E-state index in [2.05, 4.69) is 5.32 Å². The molecule has 0 aliphatic heterocycles. The van der Waals surface area contributed by atoms with Crippen LogP contribution in [0.2, 0.25) is 5.02 Å². The summed E-state index contributed by atoms with van der Waals surface area (Å²) in [5, 5.41) is 3.21. The molecule has 0 saturated heterocycles. The Bertz CT molecular complexity index is 619. The van der Waals surface area contributed by atoms with Crippen LogP contribution in [0.5, 0.6) is 5.75 Å². The molecule has 2 rings (SSSR count). The number of aryl methyl sites for hydroxylation is 2. The molecule has 1 aromatic heterocycles. The molecule has 1 aromatic carbocycles. The highest BCUT2D eigenvalue weighted by molar-refractivity contribution is 6.32. The van der Waals surface area contributed by atoms with Gasteiger partial charge < -0.3 is 14.5 Å². The van der Waals surface area contributed by atoms with Crippen molar-refractivity contribution >= 4 is 23.2 Å². The Kier molecular flexibility index (Phi) is 3.81. The first-order chi connectivity index (χ1) is 9.01. The van der Waals surface area contributed by atoms with Crippen LogP contribution < -0.4 is 10.1 Å². The van der Waals surface area contributed by atoms with Gasteiger partial charge in [0.05, 0.1) is 17.7 Å². The van der Waals surface area contributed by atoms with E-state index in [0.29, 0.717) is 33.5 Å². The van der Waals surface area contributed by atoms with E-state index in [1.165, 1.54) is 7.11 Å². The molecule has 2 aromatic rings. The predicted molar refractivity (Wildman–Crippen MR) is 74.1 cm³/mol. The lowest BCUT2D eigenvalue weighted by atomic mass is 10.2. The van der Waals surface area contributed by atoms with Crippen molar-refractivity contribution < 1.29 is 13.9 Å². The van der Waals surface area contributed by atoms with Crippen molar-refractivity contribution in [2.75, 3.05) is 12.4 Å². The van der Waals surface area contributed by atoms with Gasteiger partial charge in [0.25, 0.3) is 5.91 Å². The smallest absolute Gasteiger partial charge is 0.259 e. The second-order valence-electron chi connectivity index (χ2n) is 4.13. The summed E-state index contributed by atoms with van der Waals surface area (Å²) >= 11 is 6.00. The molecule has 19 heavy (non-hydrogen) atoms. The van der Waals surface area contributed by atoms with Gasteiger partial charge in [0.1, 0.15) is 17.3 Å². The number of furan rings is 1. The Morgan fingerprint density at radius 3 is 2.58 bits per heavy atom. The van der Waals surface area contributed by atoms with E-state index in [-0.39, 0.29) is 5.91 Å². The highest BCUT2D eigenvalue weighted by Gasteiger charge is 2.14. The number of carbonyl (C=O) groups excluding carboxylic acids is 1. The summed E-state index contributed by atoms with van der Waals surface area (Å²) in [6, 6.07) is 6.77. The number of rotatable bonds is 3. The number of methoxy groups -OCH3 is 1. The van der Waals surface area contributed by atoms with Crippen molar-refractivity contribution in [3.63, 3.8) is 0 Å². The Balaban J connectivity index is 2.19. The van der Waals surface area contributed by atoms with Crippen LogP contribution in [0.3, 0.4) is 0 Å². The summed E-state index contributed by atoms with van der Waals surface area (Å²) < 4.78 is 10.4. The predicted octanol–water partition coefficient (Wildman–Crippen LogP) is 3.81. The zero-order chi connectivity index (χ0) is 14.0. The number of amides is 1. The fraction of sp³-hybridized carbons (Fsp3) is 0.214. The topological polar surface area (TPSA) is 51.5 Å². The van der Waals surface area contributed by atoms with Gasteiger partial charge in [0.2, 0.25) is 0 Å². The van der Waals surface area contributed by atoms with Crippen molar-refractivity contribution in [1.29, 1.82) is 0 Å². The van der Waals surface area contributed by atoms with Gasteiger partial charge in [-0.25, -0.2) is 0 Å². The molecule has 0 saturated carbocycles. The van der Waals surface area contributed by atoms with Crippen LogP contribution in [0, 0.1) is 13.8 Å². The number of carbonyl (C=O) groups is 1. The molecule has 1 amide bonds. The molecule has 0 aliphatic rings. The van der Waals surface area contributed by atoms with Crippen LogP contribution in [0.4, 0.5) is 5.69 Å². The van der Waals surface area contributed by atoms with Crippen LogP contribution in [0.1, 0.15) is 21.9 Å². The maximum atomic E-state index is 12.1. The molecular formula is C14H14ClNO3. The molecule has 1 N–H and O–H groups in total. The van der Waals surface area contributed by atoms with Crippen molar-refractivity contribution in [2.45, 2.75) is 13.8 Å². The number of halogens is 1. The maximum absolute atomic E-state index is 12.1. The van der Waals surface area contributed by atoms with E-state index in [9.17, 15) is 4.79 Å². The van der Waals surface area contributed by atoms with Crippen LogP contribution in [-0.2, 0) is 0 Å². The molecule has 100 valence electrons. The van der Waals surface area contributed by atoms with Crippen LogP contribution in [0.25, 0.3) is 0 Å². The molecule has 0 atom stereocenters. The van der Waals surface area contributed by atoms with E-state index in [1.54, 1.807) is 38.1 Å². The molecule has 0 spiro atoms. The van der Waals surface area contributed by atoms with Crippen molar-refractivity contribution in [3.05, 3.63) is 46.4 Å².